The van der Waals surface area contributed by atoms with Gasteiger partial charge in [0.25, 0.3) is 5.91 Å². The molecular weight excluding hydrogens is 542 g/mol. The lowest BCUT2D eigenvalue weighted by molar-refractivity contribution is -0.134. The Morgan fingerprint density at radius 2 is 1.78 bits per heavy atom. The number of hydrogen-bond acceptors (Lipinski definition) is 8. The maximum absolute atomic E-state index is 13.7. The number of likely N-dealkylation sites (N-methyl/N-ethyl adjacent to an activating group) is 1. The molecule has 2 heterocycles. The number of hydrogen-bond donors (Lipinski definition) is 2. The molecule has 3 atom stereocenters. The highest BCUT2D eigenvalue weighted by atomic mass is 32.1. The fourth-order valence-corrected chi connectivity index (χ4v) is 5.50. The Morgan fingerprint density at radius 3 is 2.39 bits per heavy atom. The zero-order valence-electron chi connectivity index (χ0n) is 23.6. The van der Waals surface area contributed by atoms with E-state index in [0.29, 0.717) is 17.9 Å². The smallest absolute Gasteiger partial charge is 0.325 e. The van der Waals surface area contributed by atoms with Crippen LogP contribution in [0.15, 0.2) is 60.0 Å². The molecule has 0 radical (unpaired) electrons. The Hall–Kier alpha value is -4.09. The number of carbonyl (C=O) groups excluding carboxylic acids is 4. The molecule has 41 heavy (non-hydrogen) atoms. The second kappa shape index (κ2) is 13.5. The number of thiazole rings is 1. The van der Waals surface area contributed by atoms with Crippen LogP contribution in [0.1, 0.15) is 61.3 Å². The van der Waals surface area contributed by atoms with Crippen molar-refractivity contribution in [1.29, 1.82) is 0 Å². The molecule has 216 valence electrons. The van der Waals surface area contributed by atoms with Gasteiger partial charge in [-0.1, -0.05) is 63.2 Å². The number of imide groups is 1. The summed E-state index contributed by atoms with van der Waals surface area (Å²) in [6, 6.07) is 13.5. The molecule has 1 saturated heterocycles. The second-order valence-electron chi connectivity index (χ2n) is 9.76. The third-order valence-electron chi connectivity index (χ3n) is 7.20. The first-order valence-electron chi connectivity index (χ1n) is 13.6. The van der Waals surface area contributed by atoms with Crippen molar-refractivity contribution < 1.29 is 23.9 Å². The number of aromatic nitrogens is 1. The Balaban J connectivity index is 1.54. The summed E-state index contributed by atoms with van der Waals surface area (Å²) in [6.45, 7) is 10.6. The maximum atomic E-state index is 13.7. The fourth-order valence-electron chi connectivity index (χ4n) is 4.75. The molecule has 10 nitrogen and oxygen atoms in total. The molecule has 3 unspecified atom stereocenters. The van der Waals surface area contributed by atoms with Crippen LogP contribution in [0.4, 0.5) is 9.93 Å². The minimum absolute atomic E-state index is 0.214. The van der Waals surface area contributed by atoms with E-state index in [2.05, 4.69) is 34.4 Å². The van der Waals surface area contributed by atoms with Crippen molar-refractivity contribution in [3.8, 4) is 5.75 Å². The van der Waals surface area contributed by atoms with Crippen molar-refractivity contribution in [1.82, 2.24) is 20.1 Å². The predicted molar refractivity (Wildman–Crippen MR) is 157 cm³/mol. The number of ketones is 1. The van der Waals surface area contributed by atoms with E-state index in [9.17, 15) is 19.2 Å². The van der Waals surface area contributed by atoms with Gasteiger partial charge in [0.2, 0.25) is 5.91 Å². The first kappa shape index (κ1) is 29.9. The second-order valence-corrected chi connectivity index (χ2v) is 10.6. The monoisotopic (exact) mass is 577 g/mol. The van der Waals surface area contributed by atoms with E-state index in [1.165, 1.54) is 6.92 Å². The molecule has 0 bridgehead atoms. The molecule has 1 aliphatic heterocycles. The number of rotatable bonds is 13. The van der Waals surface area contributed by atoms with Gasteiger partial charge in [0.15, 0.2) is 10.9 Å². The first-order valence-corrected chi connectivity index (χ1v) is 14.5. The number of benzene rings is 2. The lowest BCUT2D eigenvalue weighted by Gasteiger charge is -2.29. The number of amides is 4. The molecule has 0 spiro atoms. The maximum Gasteiger partial charge on any atom is 0.325 e. The van der Waals surface area contributed by atoms with Crippen molar-refractivity contribution in [3.05, 3.63) is 76.8 Å². The highest BCUT2D eigenvalue weighted by molar-refractivity contribution is 7.14. The molecule has 4 amide bonds. The van der Waals surface area contributed by atoms with Gasteiger partial charge >= 0.3 is 6.03 Å². The van der Waals surface area contributed by atoms with Gasteiger partial charge in [0.05, 0.1) is 0 Å². The number of nitrogens with one attached hydrogen (secondary N) is 2. The van der Waals surface area contributed by atoms with Crippen molar-refractivity contribution in [2.24, 2.45) is 0 Å². The van der Waals surface area contributed by atoms with E-state index in [1.54, 1.807) is 36.6 Å². The van der Waals surface area contributed by atoms with Crippen LogP contribution in [0.3, 0.4) is 0 Å². The summed E-state index contributed by atoms with van der Waals surface area (Å²) in [5.74, 6) is -1.20. The highest BCUT2D eigenvalue weighted by Gasteiger charge is 2.47. The van der Waals surface area contributed by atoms with Crippen molar-refractivity contribution in [2.75, 3.05) is 31.6 Å². The molecule has 1 aromatic heterocycles. The summed E-state index contributed by atoms with van der Waals surface area (Å²) in [6.07, 6.45) is 0. The van der Waals surface area contributed by atoms with Gasteiger partial charge in [-0.3, -0.25) is 14.4 Å². The zero-order chi connectivity index (χ0) is 29.5. The number of urea groups is 1. The molecule has 0 saturated carbocycles. The topological polar surface area (TPSA) is 121 Å². The molecule has 1 fully saturated rings. The summed E-state index contributed by atoms with van der Waals surface area (Å²) >= 11 is 1.10. The largest absolute Gasteiger partial charge is 0.492 e. The van der Waals surface area contributed by atoms with Crippen LogP contribution in [0, 0.1) is 0 Å². The summed E-state index contributed by atoms with van der Waals surface area (Å²) in [5, 5.41) is 7.21. The van der Waals surface area contributed by atoms with E-state index in [-0.39, 0.29) is 16.6 Å². The summed E-state index contributed by atoms with van der Waals surface area (Å²) in [7, 11) is 0. The minimum Gasteiger partial charge on any atom is -0.492 e. The van der Waals surface area contributed by atoms with Gasteiger partial charge < -0.3 is 20.3 Å². The highest BCUT2D eigenvalue weighted by Crippen LogP contribution is 2.32. The summed E-state index contributed by atoms with van der Waals surface area (Å²) in [4.78, 5) is 59.7. The number of carbonyl (C=O) groups is 4. The average Bonchev–Trinajstić information content (AvgIpc) is 3.56. The first-order chi connectivity index (χ1) is 19.7. The van der Waals surface area contributed by atoms with Crippen LogP contribution in [-0.2, 0) is 9.59 Å². The predicted octanol–water partition coefficient (Wildman–Crippen LogP) is 4.47. The molecule has 4 rings (SSSR count). The molecule has 0 aliphatic carbocycles. The molecule has 1 aliphatic rings. The SMILES string of the molecule is CCN(CC)CCOc1ccc(C2NC(=O)N(C(C(=O)Nc3nc(C(C)=O)cs3)C(C)c3ccccc3)C2=O)cc1. The standard InChI is InChI=1S/C30H35N5O5S/c1-5-34(6-2)16-17-40-23-14-12-22(13-15-23)25-28(38)35(30(39)32-25)26(19(3)21-10-8-7-9-11-21)27(37)33-29-31-24(18-41-29)20(4)36/h7-15,18-19,25-26H,5-6,16-17H2,1-4H3,(H,32,39)(H,31,33,37). The fraction of sp³-hybridized carbons (Fsp3) is 0.367. The van der Waals surface area contributed by atoms with Crippen LogP contribution in [0.25, 0.3) is 0 Å². The van der Waals surface area contributed by atoms with Crippen LogP contribution in [0.5, 0.6) is 5.75 Å². The molecule has 2 N–H and O–H groups in total. The Labute approximate surface area is 243 Å². The Morgan fingerprint density at radius 1 is 1.10 bits per heavy atom. The van der Waals surface area contributed by atoms with E-state index < -0.39 is 35.8 Å². The van der Waals surface area contributed by atoms with E-state index in [4.69, 9.17) is 4.74 Å². The lowest BCUT2D eigenvalue weighted by Crippen LogP contribution is -2.50. The third-order valence-corrected chi connectivity index (χ3v) is 7.95. The van der Waals surface area contributed by atoms with Gasteiger partial charge in [0.1, 0.15) is 30.1 Å². The minimum atomic E-state index is -1.16. The van der Waals surface area contributed by atoms with E-state index in [1.807, 2.05) is 30.3 Å². The van der Waals surface area contributed by atoms with Gasteiger partial charge in [0, 0.05) is 24.8 Å². The molecule has 11 heteroatoms. The van der Waals surface area contributed by atoms with Gasteiger partial charge in [-0.25, -0.2) is 14.7 Å². The molecule has 2 aromatic carbocycles. The van der Waals surface area contributed by atoms with E-state index in [0.717, 1.165) is 41.4 Å². The van der Waals surface area contributed by atoms with Crippen LogP contribution >= 0.6 is 11.3 Å². The zero-order valence-corrected chi connectivity index (χ0v) is 24.4. The van der Waals surface area contributed by atoms with Crippen LogP contribution in [-0.4, -0.2) is 70.7 Å². The average molecular weight is 578 g/mol. The normalized spacial score (nSPS) is 16.4. The van der Waals surface area contributed by atoms with Crippen molar-refractivity contribution in [3.63, 3.8) is 0 Å². The van der Waals surface area contributed by atoms with Gasteiger partial charge in [-0.2, -0.15) is 0 Å². The summed E-state index contributed by atoms with van der Waals surface area (Å²) in [5.41, 5.74) is 1.60. The number of Topliss-reactive ketones (excluding diaryl/α,β-unsaturated/α-hetero) is 1. The Kier molecular flexibility index (Phi) is 9.85. The van der Waals surface area contributed by atoms with Crippen LogP contribution in [0.2, 0.25) is 0 Å². The van der Waals surface area contributed by atoms with E-state index >= 15 is 0 Å². The summed E-state index contributed by atoms with van der Waals surface area (Å²) < 4.78 is 5.85. The van der Waals surface area contributed by atoms with Gasteiger partial charge in [-0.05, 0) is 36.3 Å². The van der Waals surface area contributed by atoms with Crippen molar-refractivity contribution >= 4 is 40.1 Å². The van der Waals surface area contributed by atoms with Gasteiger partial charge in [-0.15, -0.1) is 11.3 Å². The molecule has 3 aromatic rings. The lowest BCUT2D eigenvalue weighted by atomic mass is 9.91. The third kappa shape index (κ3) is 6.98. The van der Waals surface area contributed by atoms with Crippen molar-refractivity contribution in [2.45, 2.75) is 45.7 Å². The Bertz CT molecular complexity index is 1370. The van der Waals surface area contributed by atoms with Crippen LogP contribution < -0.4 is 15.4 Å². The number of ether oxygens (including phenoxy) is 1. The number of anilines is 1. The number of nitrogens with zero attached hydrogens (tertiary/aromatic N) is 3. The molecular formula is C30H35N5O5S. The quantitative estimate of drug-likeness (QED) is 0.227.